The molecule has 1 aliphatic heterocycles. The first kappa shape index (κ1) is 20.0. The van der Waals surface area contributed by atoms with Crippen LogP contribution >= 0.6 is 11.6 Å². The van der Waals surface area contributed by atoms with Gasteiger partial charge in [-0.1, -0.05) is 29.8 Å². The Kier molecular flexibility index (Phi) is 4.99. The Morgan fingerprint density at radius 2 is 1.80 bits per heavy atom. The third-order valence-electron chi connectivity index (χ3n) is 4.53. The Hall–Kier alpha value is -3.32. The second kappa shape index (κ2) is 7.50. The Morgan fingerprint density at radius 3 is 2.50 bits per heavy atom. The van der Waals surface area contributed by atoms with E-state index in [1.165, 1.54) is 29.3 Å². The van der Waals surface area contributed by atoms with Gasteiger partial charge in [-0.3, -0.25) is 4.79 Å². The lowest BCUT2D eigenvalue weighted by Crippen LogP contribution is -2.21. The van der Waals surface area contributed by atoms with Crippen molar-refractivity contribution in [2.75, 3.05) is 5.01 Å². The highest BCUT2D eigenvalue weighted by Gasteiger charge is 2.33. The van der Waals surface area contributed by atoms with E-state index in [4.69, 9.17) is 16.0 Å². The zero-order valence-corrected chi connectivity index (χ0v) is 16.3. The van der Waals surface area contributed by atoms with Crippen LogP contribution in [-0.2, 0) is 11.0 Å². The molecule has 3 aromatic rings. The number of rotatable bonds is 3. The fourth-order valence-electron chi connectivity index (χ4n) is 3.05. The minimum Gasteiger partial charge on any atom is -0.457 e. The summed E-state index contributed by atoms with van der Waals surface area (Å²) in [7, 11) is 0. The maximum absolute atomic E-state index is 13.1. The van der Waals surface area contributed by atoms with Crippen LogP contribution in [0, 0.1) is 0 Å². The van der Waals surface area contributed by atoms with Crippen LogP contribution in [0.4, 0.5) is 18.9 Å². The van der Waals surface area contributed by atoms with Crippen molar-refractivity contribution in [2.24, 2.45) is 5.10 Å². The number of nitrogens with zero attached hydrogens (tertiary/aromatic N) is 2. The molecule has 0 radical (unpaired) electrons. The van der Waals surface area contributed by atoms with E-state index in [1.54, 1.807) is 37.3 Å². The van der Waals surface area contributed by atoms with E-state index in [9.17, 15) is 18.0 Å². The highest BCUT2D eigenvalue weighted by Crippen LogP contribution is 2.37. The number of alkyl halides is 3. The van der Waals surface area contributed by atoms with Gasteiger partial charge in [-0.15, -0.1) is 0 Å². The SMILES string of the molecule is CC1=NN(c2ccccc2)C(=O)C1=Cc1ccc(-c2ccc(Cl)c(C(F)(F)F)c2)o1. The van der Waals surface area contributed by atoms with Crippen LogP contribution in [0.15, 0.2) is 75.8 Å². The molecule has 2 aromatic carbocycles. The molecule has 152 valence electrons. The monoisotopic (exact) mass is 430 g/mol. The average Bonchev–Trinajstić information content (AvgIpc) is 3.28. The van der Waals surface area contributed by atoms with E-state index < -0.39 is 11.7 Å². The molecule has 0 aliphatic carbocycles. The molecule has 1 aliphatic rings. The molecule has 2 heterocycles. The van der Waals surface area contributed by atoms with Gasteiger partial charge in [0.15, 0.2) is 0 Å². The molecule has 4 nitrogen and oxygen atoms in total. The summed E-state index contributed by atoms with van der Waals surface area (Å²) in [5.74, 6) is 0.229. The number of carbonyl (C=O) groups is 1. The molecule has 0 fully saturated rings. The molecular formula is C22H14ClF3N2O2. The molecule has 0 saturated carbocycles. The van der Waals surface area contributed by atoms with Crippen LogP contribution in [0.3, 0.4) is 0 Å². The Labute approximate surface area is 174 Å². The number of amides is 1. The second-order valence-electron chi connectivity index (χ2n) is 6.59. The lowest BCUT2D eigenvalue weighted by Gasteiger charge is -2.10. The minimum absolute atomic E-state index is 0.226. The number of carbonyl (C=O) groups excluding carboxylic acids is 1. The van der Waals surface area contributed by atoms with Crippen LogP contribution < -0.4 is 5.01 Å². The normalized spacial score (nSPS) is 15.8. The van der Waals surface area contributed by atoms with Crippen molar-refractivity contribution in [1.82, 2.24) is 0 Å². The molecule has 1 aromatic heterocycles. The van der Waals surface area contributed by atoms with Crippen molar-refractivity contribution >= 4 is 35.0 Å². The average molecular weight is 431 g/mol. The standard InChI is InChI=1S/C22H14ClF3N2O2/c1-13-17(21(29)28(27-13)15-5-3-2-4-6-15)12-16-8-10-20(30-16)14-7-9-19(23)18(11-14)22(24,25)26/h2-12H,1H3. The van der Waals surface area contributed by atoms with E-state index in [1.807, 2.05) is 6.07 Å². The maximum atomic E-state index is 13.1. The van der Waals surface area contributed by atoms with E-state index in [2.05, 4.69) is 5.10 Å². The number of benzene rings is 2. The Bertz CT molecular complexity index is 1180. The van der Waals surface area contributed by atoms with Crippen LogP contribution in [0.2, 0.25) is 5.02 Å². The topological polar surface area (TPSA) is 45.8 Å². The Balaban J connectivity index is 1.63. The molecule has 0 saturated heterocycles. The van der Waals surface area contributed by atoms with E-state index in [0.29, 0.717) is 22.7 Å². The number of hydrazone groups is 1. The molecule has 8 heteroatoms. The van der Waals surface area contributed by atoms with Crippen molar-refractivity contribution in [2.45, 2.75) is 13.1 Å². The van der Waals surface area contributed by atoms with Gasteiger partial charge in [0.1, 0.15) is 11.5 Å². The minimum atomic E-state index is -4.57. The van der Waals surface area contributed by atoms with Gasteiger partial charge in [0.25, 0.3) is 5.91 Å². The fourth-order valence-corrected chi connectivity index (χ4v) is 3.28. The third kappa shape index (κ3) is 3.76. The van der Waals surface area contributed by atoms with Crippen LogP contribution in [0.1, 0.15) is 18.2 Å². The molecule has 4 rings (SSSR count). The van der Waals surface area contributed by atoms with Gasteiger partial charge < -0.3 is 4.42 Å². The smallest absolute Gasteiger partial charge is 0.417 e. The number of furan rings is 1. The van der Waals surface area contributed by atoms with E-state index in [0.717, 1.165) is 6.07 Å². The zero-order chi connectivity index (χ0) is 21.5. The predicted molar refractivity (Wildman–Crippen MR) is 109 cm³/mol. The Morgan fingerprint density at radius 1 is 1.07 bits per heavy atom. The van der Waals surface area contributed by atoms with Crippen molar-refractivity contribution in [3.05, 3.63) is 82.6 Å². The highest BCUT2D eigenvalue weighted by atomic mass is 35.5. The summed E-state index contributed by atoms with van der Waals surface area (Å²) in [6.07, 6.45) is -3.05. The van der Waals surface area contributed by atoms with Gasteiger partial charge in [-0.05, 0) is 55.5 Å². The first-order valence-electron chi connectivity index (χ1n) is 8.88. The van der Waals surface area contributed by atoms with Gasteiger partial charge >= 0.3 is 6.18 Å². The molecular weight excluding hydrogens is 417 g/mol. The lowest BCUT2D eigenvalue weighted by molar-refractivity contribution is -0.137. The maximum Gasteiger partial charge on any atom is 0.417 e. The first-order chi connectivity index (χ1) is 14.2. The molecule has 1 amide bonds. The van der Waals surface area contributed by atoms with Gasteiger partial charge in [-0.2, -0.15) is 23.3 Å². The molecule has 0 spiro atoms. The number of halogens is 4. The van der Waals surface area contributed by atoms with Gasteiger partial charge in [0.05, 0.1) is 27.6 Å². The van der Waals surface area contributed by atoms with Crippen molar-refractivity contribution in [3.8, 4) is 11.3 Å². The summed E-state index contributed by atoms with van der Waals surface area (Å²) in [6, 6.07) is 15.6. The summed E-state index contributed by atoms with van der Waals surface area (Å²) < 4.78 is 45.0. The van der Waals surface area contributed by atoms with Crippen molar-refractivity contribution < 1.29 is 22.4 Å². The highest BCUT2D eigenvalue weighted by molar-refractivity contribution is 6.32. The molecule has 0 bridgehead atoms. The molecule has 0 unspecified atom stereocenters. The summed E-state index contributed by atoms with van der Waals surface area (Å²) in [4.78, 5) is 12.8. The first-order valence-corrected chi connectivity index (χ1v) is 9.25. The van der Waals surface area contributed by atoms with Gasteiger partial charge in [0, 0.05) is 5.56 Å². The number of hydrogen-bond acceptors (Lipinski definition) is 3. The largest absolute Gasteiger partial charge is 0.457 e. The zero-order valence-electron chi connectivity index (χ0n) is 15.6. The van der Waals surface area contributed by atoms with Crippen LogP contribution in [0.5, 0.6) is 0 Å². The lowest BCUT2D eigenvalue weighted by atomic mass is 10.1. The number of anilines is 1. The van der Waals surface area contributed by atoms with Gasteiger partial charge in [0.2, 0.25) is 0 Å². The van der Waals surface area contributed by atoms with Gasteiger partial charge in [-0.25, -0.2) is 0 Å². The van der Waals surface area contributed by atoms with Crippen LogP contribution in [-0.4, -0.2) is 11.6 Å². The van der Waals surface area contributed by atoms with E-state index >= 15 is 0 Å². The van der Waals surface area contributed by atoms with Crippen molar-refractivity contribution in [3.63, 3.8) is 0 Å². The third-order valence-corrected chi connectivity index (χ3v) is 4.86. The predicted octanol–water partition coefficient (Wildman–Crippen LogP) is 6.42. The second-order valence-corrected chi connectivity index (χ2v) is 7.00. The van der Waals surface area contributed by atoms with Crippen molar-refractivity contribution in [1.29, 1.82) is 0 Å². The van der Waals surface area contributed by atoms with E-state index in [-0.39, 0.29) is 22.3 Å². The number of hydrogen-bond donors (Lipinski definition) is 0. The summed E-state index contributed by atoms with van der Waals surface area (Å²) in [5.41, 5.74) is 0.765. The summed E-state index contributed by atoms with van der Waals surface area (Å²) in [5, 5.41) is 5.19. The summed E-state index contributed by atoms with van der Waals surface area (Å²) >= 11 is 5.67. The summed E-state index contributed by atoms with van der Waals surface area (Å²) in [6.45, 7) is 1.70. The fraction of sp³-hybridized carbons (Fsp3) is 0.0909. The molecule has 30 heavy (non-hydrogen) atoms. The number of para-hydroxylation sites is 1. The molecule has 0 atom stereocenters. The quantitative estimate of drug-likeness (QED) is 0.450. The molecule has 0 N–H and O–H groups in total. The van der Waals surface area contributed by atoms with Crippen LogP contribution in [0.25, 0.3) is 17.4 Å².